The van der Waals surface area contributed by atoms with Gasteiger partial charge in [0, 0.05) is 23.7 Å². The highest BCUT2D eigenvalue weighted by atomic mass is 14.8. The molecule has 0 fully saturated rings. The number of nitrogens with one attached hydrogen (secondary N) is 1. The molecule has 0 aliphatic carbocycles. The van der Waals surface area contributed by atoms with Crippen LogP contribution in [0.5, 0.6) is 0 Å². The average molecular weight is 298 g/mol. The molecule has 0 amide bonds. The first kappa shape index (κ1) is 14.8. The third kappa shape index (κ3) is 4.42. The zero-order chi connectivity index (χ0) is 15.7. The number of rotatable bonds is 5. The van der Waals surface area contributed by atoms with Crippen LogP contribution in [0.4, 0.5) is 11.4 Å². The first-order chi connectivity index (χ1) is 11.4. The number of nitrogens with zero attached hydrogens (tertiary/aromatic N) is 1. The highest BCUT2D eigenvalue weighted by Crippen LogP contribution is 2.16. The van der Waals surface area contributed by atoms with Crippen LogP contribution < -0.4 is 5.32 Å². The van der Waals surface area contributed by atoms with Crippen molar-refractivity contribution in [1.29, 1.82) is 0 Å². The lowest BCUT2D eigenvalue weighted by Gasteiger charge is -2.05. The molecule has 0 radical (unpaired) electrons. The zero-order valence-corrected chi connectivity index (χ0v) is 12.8. The molecule has 23 heavy (non-hydrogen) atoms. The minimum atomic E-state index is 0.939. The van der Waals surface area contributed by atoms with E-state index in [1.165, 1.54) is 0 Å². The Balaban J connectivity index is 1.86. The highest BCUT2D eigenvalue weighted by molar-refractivity contribution is 6.10. The normalized spacial score (nSPS) is 11.6. The van der Waals surface area contributed by atoms with Crippen molar-refractivity contribution >= 4 is 23.2 Å². The van der Waals surface area contributed by atoms with Gasteiger partial charge >= 0.3 is 0 Å². The monoisotopic (exact) mass is 298 g/mol. The number of anilines is 1. The lowest BCUT2D eigenvalue weighted by molar-refractivity contribution is 1.53. The Kier molecular flexibility index (Phi) is 4.99. The van der Waals surface area contributed by atoms with Gasteiger partial charge in [-0.15, -0.1) is 0 Å². The van der Waals surface area contributed by atoms with E-state index in [4.69, 9.17) is 0 Å². The second-order valence-electron chi connectivity index (χ2n) is 5.07. The van der Waals surface area contributed by atoms with Crippen molar-refractivity contribution in [2.75, 3.05) is 5.32 Å². The van der Waals surface area contributed by atoms with Crippen molar-refractivity contribution in [1.82, 2.24) is 0 Å². The Hall–Kier alpha value is -3.13. The van der Waals surface area contributed by atoms with Gasteiger partial charge in [0.1, 0.15) is 0 Å². The van der Waals surface area contributed by atoms with E-state index in [1.54, 1.807) is 0 Å². The highest BCUT2D eigenvalue weighted by Gasteiger charge is 1.98. The van der Waals surface area contributed by atoms with Crippen molar-refractivity contribution in [3.05, 3.63) is 103 Å². The van der Waals surface area contributed by atoms with Gasteiger partial charge in [0.15, 0.2) is 0 Å². The van der Waals surface area contributed by atoms with E-state index in [0.717, 1.165) is 22.5 Å². The molecule has 1 N–H and O–H groups in total. The van der Waals surface area contributed by atoms with Crippen LogP contribution in [0, 0.1) is 0 Å². The van der Waals surface area contributed by atoms with Gasteiger partial charge < -0.3 is 5.32 Å². The molecule has 0 saturated heterocycles. The maximum atomic E-state index is 4.56. The predicted molar refractivity (Wildman–Crippen MR) is 99.1 cm³/mol. The van der Waals surface area contributed by atoms with Gasteiger partial charge in [-0.05, 0) is 29.8 Å². The third-order valence-electron chi connectivity index (χ3n) is 3.38. The third-order valence-corrected chi connectivity index (χ3v) is 3.38. The molecule has 0 aliphatic rings. The lowest BCUT2D eigenvalue weighted by atomic mass is 10.1. The maximum absolute atomic E-state index is 4.56. The molecule has 3 rings (SSSR count). The molecule has 3 aromatic carbocycles. The van der Waals surface area contributed by atoms with Crippen LogP contribution in [0.15, 0.2) is 102 Å². The van der Waals surface area contributed by atoms with Crippen molar-refractivity contribution in [2.24, 2.45) is 4.99 Å². The molecule has 2 heteroatoms. The number of benzene rings is 3. The minimum Gasteiger partial charge on any atom is -0.361 e. The summed E-state index contributed by atoms with van der Waals surface area (Å²) in [4.78, 5) is 4.56. The number of allylic oxidation sites excluding steroid dienone is 1. The molecular formula is C21H18N2. The molecule has 0 spiro atoms. The van der Waals surface area contributed by atoms with E-state index in [1.807, 2.05) is 91.3 Å². The number of hydrogen-bond acceptors (Lipinski definition) is 2. The van der Waals surface area contributed by atoms with Crippen molar-refractivity contribution in [3.63, 3.8) is 0 Å². The average Bonchev–Trinajstić information content (AvgIpc) is 2.64. The molecule has 0 saturated carbocycles. The van der Waals surface area contributed by atoms with Crippen molar-refractivity contribution in [3.8, 4) is 0 Å². The number of aliphatic imine (C=N–C) groups is 1. The molecule has 0 heterocycles. The summed E-state index contributed by atoms with van der Waals surface area (Å²) < 4.78 is 0. The Morgan fingerprint density at radius 1 is 0.696 bits per heavy atom. The lowest BCUT2D eigenvalue weighted by Crippen LogP contribution is -1.93. The van der Waals surface area contributed by atoms with E-state index in [9.17, 15) is 0 Å². The standard InChI is InChI=1S/C21H18N2/c1-4-10-18(11-5-1)19(16-22-20-12-6-2-7-13-20)17-23-21-14-8-3-9-15-21/h1-17,22H. The molecule has 112 valence electrons. The molecule has 0 aromatic heterocycles. The molecular weight excluding hydrogens is 280 g/mol. The van der Waals surface area contributed by atoms with Gasteiger partial charge in [0.05, 0.1) is 5.69 Å². The van der Waals surface area contributed by atoms with Gasteiger partial charge in [-0.2, -0.15) is 0 Å². The Labute approximate surface area is 136 Å². The van der Waals surface area contributed by atoms with E-state index < -0.39 is 0 Å². The van der Waals surface area contributed by atoms with E-state index in [2.05, 4.69) is 22.4 Å². The summed E-state index contributed by atoms with van der Waals surface area (Å²) in [5, 5.41) is 3.33. The molecule has 0 unspecified atom stereocenters. The first-order valence-corrected chi connectivity index (χ1v) is 7.58. The molecule has 0 atom stereocenters. The summed E-state index contributed by atoms with van der Waals surface area (Å²) in [5.41, 5.74) is 4.14. The van der Waals surface area contributed by atoms with Crippen LogP contribution in [0.1, 0.15) is 5.56 Å². The van der Waals surface area contributed by atoms with Gasteiger partial charge in [-0.25, -0.2) is 0 Å². The van der Waals surface area contributed by atoms with E-state index >= 15 is 0 Å². The van der Waals surface area contributed by atoms with Crippen LogP contribution in [0.3, 0.4) is 0 Å². The van der Waals surface area contributed by atoms with E-state index in [-0.39, 0.29) is 0 Å². The fourth-order valence-corrected chi connectivity index (χ4v) is 2.18. The molecule has 2 nitrogen and oxygen atoms in total. The van der Waals surface area contributed by atoms with Gasteiger partial charge in [0.25, 0.3) is 0 Å². The minimum absolute atomic E-state index is 0.939. The first-order valence-electron chi connectivity index (χ1n) is 7.58. The van der Waals surface area contributed by atoms with Crippen LogP contribution in [-0.4, -0.2) is 6.21 Å². The second-order valence-corrected chi connectivity index (χ2v) is 5.07. The van der Waals surface area contributed by atoms with Gasteiger partial charge in [-0.3, -0.25) is 4.99 Å². The van der Waals surface area contributed by atoms with Crippen LogP contribution in [0.2, 0.25) is 0 Å². The fraction of sp³-hybridized carbons (Fsp3) is 0. The smallest absolute Gasteiger partial charge is 0.0629 e. The van der Waals surface area contributed by atoms with Gasteiger partial charge in [0.2, 0.25) is 0 Å². The summed E-state index contributed by atoms with van der Waals surface area (Å²) in [5.74, 6) is 0. The number of para-hydroxylation sites is 2. The summed E-state index contributed by atoms with van der Waals surface area (Å²) in [7, 11) is 0. The summed E-state index contributed by atoms with van der Waals surface area (Å²) in [6.45, 7) is 0. The summed E-state index contributed by atoms with van der Waals surface area (Å²) >= 11 is 0. The van der Waals surface area contributed by atoms with Crippen LogP contribution in [0.25, 0.3) is 5.57 Å². The van der Waals surface area contributed by atoms with Crippen LogP contribution >= 0.6 is 0 Å². The molecule has 0 aliphatic heterocycles. The summed E-state index contributed by atoms with van der Waals surface area (Å²) in [6.07, 6.45) is 3.87. The topological polar surface area (TPSA) is 24.4 Å². The SMILES string of the molecule is C(=Nc1ccccc1)C(=CNc1ccccc1)c1ccccc1. The van der Waals surface area contributed by atoms with E-state index in [0.29, 0.717) is 0 Å². The summed E-state index contributed by atoms with van der Waals surface area (Å²) in [6, 6.07) is 30.3. The molecule has 0 bridgehead atoms. The van der Waals surface area contributed by atoms with Crippen molar-refractivity contribution in [2.45, 2.75) is 0 Å². The Bertz CT molecular complexity index is 776. The van der Waals surface area contributed by atoms with Gasteiger partial charge in [-0.1, -0.05) is 66.7 Å². The van der Waals surface area contributed by atoms with Crippen LogP contribution in [-0.2, 0) is 0 Å². The maximum Gasteiger partial charge on any atom is 0.0629 e. The predicted octanol–water partition coefficient (Wildman–Crippen LogP) is 5.54. The quantitative estimate of drug-likeness (QED) is 0.614. The molecule has 3 aromatic rings. The number of hydrogen-bond donors (Lipinski definition) is 1. The largest absolute Gasteiger partial charge is 0.361 e. The Morgan fingerprint density at radius 3 is 1.91 bits per heavy atom. The second kappa shape index (κ2) is 7.76. The Morgan fingerprint density at radius 2 is 1.26 bits per heavy atom. The zero-order valence-electron chi connectivity index (χ0n) is 12.8. The fourth-order valence-electron chi connectivity index (χ4n) is 2.18. The van der Waals surface area contributed by atoms with Crippen molar-refractivity contribution < 1.29 is 0 Å².